The van der Waals surface area contributed by atoms with Crippen LogP contribution in [0.15, 0.2) is 70.9 Å². The molecular weight excluding hydrogens is 442 g/mol. The largest absolute Gasteiger partial charge is 0.351 e. The van der Waals surface area contributed by atoms with Gasteiger partial charge in [0.05, 0.1) is 17.5 Å². The van der Waals surface area contributed by atoms with Gasteiger partial charge >= 0.3 is 0 Å². The highest BCUT2D eigenvalue weighted by molar-refractivity contribution is 7.89. The zero-order valence-corrected chi connectivity index (χ0v) is 20.2. The van der Waals surface area contributed by atoms with Gasteiger partial charge in [-0.25, -0.2) is 12.7 Å². The summed E-state index contributed by atoms with van der Waals surface area (Å²) in [5.41, 5.74) is 2.92. The number of benzene rings is 2. The van der Waals surface area contributed by atoms with Gasteiger partial charge in [-0.05, 0) is 40.6 Å². The molecule has 0 aliphatic rings. The molecule has 0 saturated carbocycles. The second kappa shape index (κ2) is 10.9. The Morgan fingerprint density at radius 3 is 2.38 bits per heavy atom. The topological polar surface area (TPSA) is 78.5 Å². The number of thiophene rings is 1. The Morgan fingerprint density at radius 1 is 1.03 bits per heavy atom. The minimum absolute atomic E-state index is 0.0898. The van der Waals surface area contributed by atoms with E-state index in [-0.39, 0.29) is 29.9 Å². The molecule has 8 heteroatoms. The molecule has 1 amide bonds. The average molecular weight is 472 g/mol. The molecule has 1 atom stereocenters. The van der Waals surface area contributed by atoms with Gasteiger partial charge in [0.15, 0.2) is 0 Å². The smallest absolute Gasteiger partial charge is 0.242 e. The minimum atomic E-state index is -3.58. The normalized spacial score (nSPS) is 12.6. The molecule has 6 nitrogen and oxygen atoms in total. The number of sulfonamides is 1. The number of hydrogen-bond acceptors (Lipinski definition) is 5. The Kier molecular flexibility index (Phi) is 8.20. The summed E-state index contributed by atoms with van der Waals surface area (Å²) in [6.45, 7) is 2.37. The van der Waals surface area contributed by atoms with Gasteiger partial charge in [0.2, 0.25) is 15.9 Å². The van der Waals surface area contributed by atoms with Gasteiger partial charge in [0.1, 0.15) is 0 Å². The van der Waals surface area contributed by atoms with Crippen LogP contribution in [-0.2, 0) is 27.8 Å². The van der Waals surface area contributed by atoms with E-state index in [0.717, 1.165) is 16.9 Å². The van der Waals surface area contributed by atoms with E-state index < -0.39 is 10.0 Å². The standard InChI is InChI=1S/C24H29N3O3S2/c1-4-18-11-13-19(14-12-18)24(21-9-7-15-31-21)26-17-23(28)25-16-20-8-5-6-10-22(20)32(29,30)27(2)3/h5-15,24,26H,4,16-17H2,1-3H3,(H,25,28). The van der Waals surface area contributed by atoms with Crippen molar-refractivity contribution in [3.63, 3.8) is 0 Å². The summed E-state index contributed by atoms with van der Waals surface area (Å²) in [4.78, 5) is 13.9. The molecule has 0 fully saturated rings. The lowest BCUT2D eigenvalue weighted by molar-refractivity contribution is -0.120. The van der Waals surface area contributed by atoms with Crippen LogP contribution in [0.25, 0.3) is 0 Å². The minimum Gasteiger partial charge on any atom is -0.351 e. The molecule has 2 aromatic carbocycles. The first-order valence-electron chi connectivity index (χ1n) is 10.5. The van der Waals surface area contributed by atoms with Crippen molar-refractivity contribution in [1.29, 1.82) is 0 Å². The van der Waals surface area contributed by atoms with E-state index >= 15 is 0 Å². The first-order chi connectivity index (χ1) is 15.3. The molecule has 1 unspecified atom stereocenters. The fraction of sp³-hybridized carbons (Fsp3) is 0.292. The summed E-state index contributed by atoms with van der Waals surface area (Å²) in [5, 5.41) is 8.21. The Bertz CT molecular complexity index is 1130. The van der Waals surface area contributed by atoms with Gasteiger partial charge in [-0.15, -0.1) is 11.3 Å². The number of aryl methyl sites for hydroxylation is 1. The van der Waals surface area contributed by atoms with Crippen molar-refractivity contribution >= 4 is 27.3 Å². The fourth-order valence-electron chi connectivity index (χ4n) is 3.33. The first kappa shape index (κ1) is 24.1. The third-order valence-corrected chi connectivity index (χ3v) is 8.08. The number of carbonyl (C=O) groups excluding carboxylic acids is 1. The monoisotopic (exact) mass is 471 g/mol. The van der Waals surface area contributed by atoms with Crippen LogP contribution in [0.1, 0.15) is 34.5 Å². The van der Waals surface area contributed by atoms with Gasteiger partial charge < -0.3 is 5.32 Å². The van der Waals surface area contributed by atoms with Crippen molar-refractivity contribution in [2.24, 2.45) is 0 Å². The van der Waals surface area contributed by atoms with E-state index in [1.807, 2.05) is 11.4 Å². The molecule has 1 heterocycles. The molecule has 0 aliphatic carbocycles. The van der Waals surface area contributed by atoms with Crippen LogP contribution in [0.3, 0.4) is 0 Å². The summed E-state index contributed by atoms with van der Waals surface area (Å²) in [6.07, 6.45) is 0.977. The maximum absolute atomic E-state index is 12.6. The Morgan fingerprint density at radius 2 is 1.75 bits per heavy atom. The quantitative estimate of drug-likeness (QED) is 0.474. The van der Waals surface area contributed by atoms with Crippen molar-refractivity contribution in [2.45, 2.75) is 30.8 Å². The van der Waals surface area contributed by atoms with Crippen LogP contribution < -0.4 is 10.6 Å². The van der Waals surface area contributed by atoms with Crippen molar-refractivity contribution in [1.82, 2.24) is 14.9 Å². The number of nitrogens with one attached hydrogen (secondary N) is 2. The molecule has 0 spiro atoms. The van der Waals surface area contributed by atoms with Crippen molar-refractivity contribution in [3.05, 3.63) is 87.6 Å². The van der Waals surface area contributed by atoms with Crippen LogP contribution in [0.2, 0.25) is 0 Å². The third kappa shape index (κ3) is 5.83. The first-order valence-corrected chi connectivity index (χ1v) is 12.8. The van der Waals surface area contributed by atoms with E-state index in [9.17, 15) is 13.2 Å². The predicted octanol–water partition coefficient (Wildman–Crippen LogP) is 3.56. The number of nitrogens with zero attached hydrogens (tertiary/aromatic N) is 1. The molecule has 0 saturated heterocycles. The molecule has 32 heavy (non-hydrogen) atoms. The molecule has 170 valence electrons. The number of amides is 1. The predicted molar refractivity (Wildman–Crippen MR) is 129 cm³/mol. The maximum Gasteiger partial charge on any atom is 0.242 e. The summed E-state index contributed by atoms with van der Waals surface area (Å²) < 4.78 is 26.3. The Balaban J connectivity index is 1.67. The van der Waals surface area contributed by atoms with Gasteiger partial charge in [0.25, 0.3) is 0 Å². The highest BCUT2D eigenvalue weighted by Crippen LogP contribution is 2.26. The summed E-state index contributed by atoms with van der Waals surface area (Å²) in [7, 11) is -0.600. The summed E-state index contributed by atoms with van der Waals surface area (Å²) in [6, 6.07) is 19.1. The molecule has 3 rings (SSSR count). The molecule has 0 radical (unpaired) electrons. The highest BCUT2D eigenvalue weighted by atomic mass is 32.2. The molecule has 0 bridgehead atoms. The van der Waals surface area contributed by atoms with Crippen molar-refractivity contribution in [2.75, 3.05) is 20.6 Å². The number of hydrogen-bond donors (Lipinski definition) is 2. The van der Waals surface area contributed by atoms with Crippen molar-refractivity contribution in [3.8, 4) is 0 Å². The van der Waals surface area contributed by atoms with Crippen LogP contribution in [-0.4, -0.2) is 39.3 Å². The van der Waals surface area contributed by atoms with Crippen LogP contribution in [0.4, 0.5) is 0 Å². The summed E-state index contributed by atoms with van der Waals surface area (Å²) in [5.74, 6) is -0.200. The van der Waals surface area contributed by atoms with E-state index in [0.29, 0.717) is 5.56 Å². The van der Waals surface area contributed by atoms with Crippen LogP contribution in [0.5, 0.6) is 0 Å². The molecule has 3 aromatic rings. The molecule has 1 aromatic heterocycles. The van der Waals surface area contributed by atoms with Crippen LogP contribution >= 0.6 is 11.3 Å². The average Bonchev–Trinajstić information content (AvgIpc) is 3.33. The van der Waals surface area contributed by atoms with Gasteiger partial charge in [0, 0.05) is 25.5 Å². The van der Waals surface area contributed by atoms with E-state index in [1.54, 1.807) is 35.6 Å². The zero-order chi connectivity index (χ0) is 23.1. The van der Waals surface area contributed by atoms with E-state index in [1.165, 1.54) is 24.0 Å². The zero-order valence-electron chi connectivity index (χ0n) is 18.5. The lowest BCUT2D eigenvalue weighted by Crippen LogP contribution is -2.36. The molecule has 2 N–H and O–H groups in total. The van der Waals surface area contributed by atoms with Gasteiger partial charge in [-0.3, -0.25) is 10.1 Å². The second-order valence-electron chi connectivity index (χ2n) is 7.60. The van der Waals surface area contributed by atoms with E-state index in [2.05, 4.69) is 47.9 Å². The van der Waals surface area contributed by atoms with Gasteiger partial charge in [-0.1, -0.05) is 55.5 Å². The van der Waals surface area contributed by atoms with Gasteiger partial charge in [-0.2, -0.15) is 0 Å². The second-order valence-corrected chi connectivity index (χ2v) is 10.7. The molecule has 0 aliphatic heterocycles. The Hall–Kier alpha value is -2.52. The third-order valence-electron chi connectivity index (χ3n) is 5.22. The van der Waals surface area contributed by atoms with Crippen molar-refractivity contribution < 1.29 is 13.2 Å². The fourth-order valence-corrected chi connectivity index (χ4v) is 5.28. The summed E-state index contributed by atoms with van der Waals surface area (Å²) >= 11 is 1.64. The SMILES string of the molecule is CCc1ccc(C(NCC(=O)NCc2ccccc2S(=O)(=O)N(C)C)c2cccs2)cc1. The number of carbonyl (C=O) groups is 1. The number of rotatable bonds is 10. The lowest BCUT2D eigenvalue weighted by Gasteiger charge is -2.19. The molecular formula is C24H29N3O3S2. The highest BCUT2D eigenvalue weighted by Gasteiger charge is 2.21. The lowest BCUT2D eigenvalue weighted by atomic mass is 10.0. The van der Waals surface area contributed by atoms with E-state index in [4.69, 9.17) is 0 Å². The maximum atomic E-state index is 12.6. The Labute approximate surface area is 194 Å². The van der Waals surface area contributed by atoms with Crippen LogP contribution in [0, 0.1) is 0 Å².